The Morgan fingerprint density at radius 2 is 2.33 bits per heavy atom. The van der Waals surface area contributed by atoms with Crippen LogP contribution in [-0.4, -0.2) is 35.5 Å². The highest BCUT2D eigenvalue weighted by atomic mass is 32.2. The zero-order chi connectivity index (χ0) is 13.2. The smallest absolute Gasteiger partial charge is 0.238 e. The summed E-state index contributed by atoms with van der Waals surface area (Å²) in [5.74, 6) is 0.0240. The SMILES string of the molecule is Nc1[nH]ncc1CNC(=O)C1CCCCS1(=O)=O. The number of aromatic nitrogens is 2. The van der Waals surface area contributed by atoms with Gasteiger partial charge in [0.15, 0.2) is 9.84 Å². The zero-order valence-corrected chi connectivity index (χ0v) is 10.7. The van der Waals surface area contributed by atoms with Gasteiger partial charge in [0.25, 0.3) is 0 Å². The van der Waals surface area contributed by atoms with Gasteiger partial charge in [-0.15, -0.1) is 0 Å². The molecule has 0 spiro atoms. The van der Waals surface area contributed by atoms with Crippen LogP contribution in [0.15, 0.2) is 6.20 Å². The normalized spacial score (nSPS) is 22.6. The minimum absolute atomic E-state index is 0.0962. The number of H-pyrrole nitrogens is 1. The van der Waals surface area contributed by atoms with E-state index in [2.05, 4.69) is 15.5 Å². The highest BCUT2D eigenvalue weighted by Crippen LogP contribution is 2.19. The maximum Gasteiger partial charge on any atom is 0.238 e. The summed E-state index contributed by atoms with van der Waals surface area (Å²) in [6.45, 7) is 0.188. The molecule has 0 bridgehead atoms. The molecule has 1 unspecified atom stereocenters. The molecule has 2 heterocycles. The number of hydrogen-bond acceptors (Lipinski definition) is 5. The van der Waals surface area contributed by atoms with Crippen LogP contribution < -0.4 is 11.1 Å². The maximum atomic E-state index is 11.9. The lowest BCUT2D eigenvalue weighted by Crippen LogP contribution is -2.42. The van der Waals surface area contributed by atoms with Crippen molar-refractivity contribution in [3.8, 4) is 0 Å². The van der Waals surface area contributed by atoms with E-state index in [1.54, 1.807) is 0 Å². The summed E-state index contributed by atoms with van der Waals surface area (Å²) >= 11 is 0. The number of anilines is 1. The lowest BCUT2D eigenvalue weighted by Gasteiger charge is -2.21. The number of nitrogens with one attached hydrogen (secondary N) is 2. The standard InChI is InChI=1S/C10H16N4O3S/c11-9-7(6-13-14-9)5-12-10(15)8-3-1-2-4-18(8,16)17/h6,8H,1-5H2,(H,12,15)(H3,11,13,14). The van der Waals surface area contributed by atoms with Crippen LogP contribution in [-0.2, 0) is 21.2 Å². The van der Waals surface area contributed by atoms with Gasteiger partial charge in [-0.2, -0.15) is 5.10 Å². The van der Waals surface area contributed by atoms with Crippen LogP contribution in [0.5, 0.6) is 0 Å². The van der Waals surface area contributed by atoms with Crippen LogP contribution in [0.1, 0.15) is 24.8 Å². The van der Waals surface area contributed by atoms with Crippen LogP contribution in [0.3, 0.4) is 0 Å². The van der Waals surface area contributed by atoms with Crippen molar-refractivity contribution in [3.05, 3.63) is 11.8 Å². The Bertz CT molecular complexity index is 537. The van der Waals surface area contributed by atoms with E-state index in [1.807, 2.05) is 0 Å². The zero-order valence-electron chi connectivity index (χ0n) is 9.85. The highest BCUT2D eigenvalue weighted by Gasteiger charge is 2.34. The molecule has 7 nitrogen and oxygen atoms in total. The van der Waals surface area contributed by atoms with E-state index >= 15 is 0 Å². The molecule has 1 atom stereocenters. The number of carbonyl (C=O) groups is 1. The second-order valence-corrected chi connectivity index (χ2v) is 6.68. The predicted octanol–water partition coefficient (Wildman–Crippen LogP) is -0.425. The molecule has 1 amide bonds. The molecule has 1 aliphatic heterocycles. The number of nitrogens with two attached hydrogens (primary N) is 1. The first kappa shape index (κ1) is 12.9. The van der Waals surface area contributed by atoms with E-state index in [-0.39, 0.29) is 12.3 Å². The Kier molecular flexibility index (Phi) is 3.55. The van der Waals surface area contributed by atoms with Crippen molar-refractivity contribution in [2.45, 2.75) is 31.1 Å². The maximum absolute atomic E-state index is 11.9. The summed E-state index contributed by atoms with van der Waals surface area (Å²) in [6, 6.07) is 0. The van der Waals surface area contributed by atoms with Gasteiger partial charge < -0.3 is 11.1 Å². The molecule has 0 saturated carbocycles. The fourth-order valence-electron chi connectivity index (χ4n) is 2.01. The molecule has 2 rings (SSSR count). The van der Waals surface area contributed by atoms with Crippen LogP contribution in [0, 0.1) is 0 Å². The molecule has 1 fully saturated rings. The fraction of sp³-hybridized carbons (Fsp3) is 0.600. The molecule has 0 aromatic carbocycles. The number of amides is 1. The average molecular weight is 272 g/mol. The molecule has 0 aliphatic carbocycles. The summed E-state index contributed by atoms with van der Waals surface area (Å²) in [4.78, 5) is 11.9. The Morgan fingerprint density at radius 1 is 1.56 bits per heavy atom. The van der Waals surface area contributed by atoms with Gasteiger partial charge in [-0.1, -0.05) is 6.42 Å². The molecule has 1 aliphatic rings. The molecule has 4 N–H and O–H groups in total. The van der Waals surface area contributed by atoms with Gasteiger partial charge in [0.05, 0.1) is 11.9 Å². The number of carbonyl (C=O) groups excluding carboxylic acids is 1. The lowest BCUT2D eigenvalue weighted by molar-refractivity contribution is -0.121. The number of rotatable bonds is 3. The topological polar surface area (TPSA) is 118 Å². The predicted molar refractivity (Wildman–Crippen MR) is 66.3 cm³/mol. The highest BCUT2D eigenvalue weighted by molar-refractivity contribution is 7.92. The Labute approximate surface area is 105 Å². The van der Waals surface area contributed by atoms with E-state index in [0.717, 1.165) is 6.42 Å². The molecule has 8 heteroatoms. The van der Waals surface area contributed by atoms with Gasteiger partial charge in [0.2, 0.25) is 5.91 Å². The number of nitrogen functional groups attached to an aromatic ring is 1. The van der Waals surface area contributed by atoms with E-state index < -0.39 is 21.0 Å². The van der Waals surface area contributed by atoms with Crippen molar-refractivity contribution >= 4 is 21.6 Å². The molecule has 1 aromatic heterocycles. The second-order valence-electron chi connectivity index (χ2n) is 4.38. The van der Waals surface area contributed by atoms with E-state index in [1.165, 1.54) is 6.20 Å². The Morgan fingerprint density at radius 3 is 2.94 bits per heavy atom. The molecular formula is C10H16N4O3S. The van der Waals surface area contributed by atoms with Gasteiger partial charge in [-0.05, 0) is 12.8 Å². The van der Waals surface area contributed by atoms with Gasteiger partial charge in [-0.3, -0.25) is 9.89 Å². The van der Waals surface area contributed by atoms with Crippen LogP contribution in [0.25, 0.3) is 0 Å². The molecule has 100 valence electrons. The number of hydrogen-bond donors (Lipinski definition) is 3. The van der Waals surface area contributed by atoms with Crippen LogP contribution in [0.2, 0.25) is 0 Å². The molecule has 18 heavy (non-hydrogen) atoms. The van der Waals surface area contributed by atoms with Crippen molar-refractivity contribution in [1.82, 2.24) is 15.5 Å². The van der Waals surface area contributed by atoms with Crippen LogP contribution in [0.4, 0.5) is 5.82 Å². The van der Waals surface area contributed by atoms with Crippen molar-refractivity contribution in [3.63, 3.8) is 0 Å². The third-order valence-corrected chi connectivity index (χ3v) is 5.25. The lowest BCUT2D eigenvalue weighted by atomic mass is 10.2. The summed E-state index contributed by atoms with van der Waals surface area (Å²) in [5, 5.41) is 7.94. The third-order valence-electron chi connectivity index (χ3n) is 3.08. The van der Waals surface area contributed by atoms with Gasteiger partial charge in [-0.25, -0.2) is 8.42 Å². The van der Waals surface area contributed by atoms with E-state index in [9.17, 15) is 13.2 Å². The van der Waals surface area contributed by atoms with Crippen molar-refractivity contribution in [2.24, 2.45) is 0 Å². The Hall–Kier alpha value is -1.57. The number of nitrogens with zero attached hydrogens (tertiary/aromatic N) is 1. The number of aromatic amines is 1. The minimum Gasteiger partial charge on any atom is -0.384 e. The third kappa shape index (κ3) is 2.63. The van der Waals surface area contributed by atoms with Gasteiger partial charge in [0.1, 0.15) is 11.1 Å². The summed E-state index contributed by atoms with van der Waals surface area (Å²) in [7, 11) is -3.29. The largest absolute Gasteiger partial charge is 0.384 e. The molecule has 0 radical (unpaired) electrons. The molecule has 1 saturated heterocycles. The van der Waals surface area contributed by atoms with E-state index in [4.69, 9.17) is 5.73 Å². The van der Waals surface area contributed by atoms with Crippen molar-refractivity contribution in [1.29, 1.82) is 0 Å². The summed E-state index contributed by atoms with van der Waals surface area (Å²) in [6.07, 6.45) is 3.31. The van der Waals surface area contributed by atoms with Crippen molar-refractivity contribution < 1.29 is 13.2 Å². The first-order valence-corrected chi connectivity index (χ1v) is 7.49. The van der Waals surface area contributed by atoms with Gasteiger partial charge >= 0.3 is 0 Å². The summed E-state index contributed by atoms with van der Waals surface area (Å²) < 4.78 is 23.5. The first-order chi connectivity index (χ1) is 8.50. The van der Waals surface area contributed by atoms with Crippen molar-refractivity contribution in [2.75, 3.05) is 11.5 Å². The minimum atomic E-state index is -3.29. The first-order valence-electron chi connectivity index (χ1n) is 5.78. The quantitative estimate of drug-likeness (QED) is 0.690. The second kappa shape index (κ2) is 4.97. The summed E-state index contributed by atoms with van der Waals surface area (Å²) in [5.41, 5.74) is 6.22. The van der Waals surface area contributed by atoms with Crippen LogP contribution >= 0.6 is 0 Å². The molecule has 1 aromatic rings. The average Bonchev–Trinajstić information content (AvgIpc) is 2.71. The Balaban J connectivity index is 1.98. The number of sulfone groups is 1. The van der Waals surface area contributed by atoms with Gasteiger partial charge in [0, 0.05) is 12.1 Å². The molecular weight excluding hydrogens is 256 g/mol. The fourth-order valence-corrected chi connectivity index (χ4v) is 3.83. The monoisotopic (exact) mass is 272 g/mol. The van der Waals surface area contributed by atoms with E-state index in [0.29, 0.717) is 24.2 Å².